The van der Waals surface area contributed by atoms with Crippen LogP contribution >= 0.6 is 0 Å². The van der Waals surface area contributed by atoms with E-state index in [9.17, 15) is 9.18 Å². The number of aromatic nitrogens is 2. The first-order valence-corrected chi connectivity index (χ1v) is 16.5. The molecule has 3 aromatic rings. The molecule has 1 amide bonds. The molecule has 1 saturated carbocycles. The van der Waals surface area contributed by atoms with Crippen LogP contribution in [0.1, 0.15) is 36.1 Å². The van der Waals surface area contributed by atoms with Crippen LogP contribution < -0.4 is 14.5 Å². The highest BCUT2D eigenvalue weighted by Crippen LogP contribution is 2.47. The summed E-state index contributed by atoms with van der Waals surface area (Å²) in [5, 5.41) is 2.48. The van der Waals surface area contributed by atoms with Gasteiger partial charge in [0.05, 0.1) is 18.8 Å². The fourth-order valence-electron chi connectivity index (χ4n) is 7.55. The zero-order valence-electron chi connectivity index (χ0n) is 26.6. The third kappa shape index (κ3) is 6.01. The van der Waals surface area contributed by atoms with Gasteiger partial charge < -0.3 is 24.3 Å². The summed E-state index contributed by atoms with van der Waals surface area (Å²) in [5.41, 5.74) is 4.53. The SMILES string of the molecule is [C-]#[N+]CC1CN(c2nc(OCC3(CN4CC[C@@H](F)C4)CC3)nc3c2CCN(c2cccc4cccc(C)c24)C3)CCN1C(=O)C=C. The fraction of sp³-hybridized carbons (Fsp3) is 0.500. The molecule has 2 aromatic carbocycles. The summed E-state index contributed by atoms with van der Waals surface area (Å²) in [5.74, 6) is 0.703. The van der Waals surface area contributed by atoms with Crippen molar-refractivity contribution in [3.8, 4) is 6.01 Å². The maximum absolute atomic E-state index is 13.9. The Balaban J connectivity index is 1.19. The predicted octanol–water partition coefficient (Wildman–Crippen LogP) is 4.83. The molecule has 240 valence electrons. The first-order valence-electron chi connectivity index (χ1n) is 16.5. The van der Waals surface area contributed by atoms with Crippen LogP contribution in [0, 0.1) is 18.9 Å². The molecule has 10 heteroatoms. The van der Waals surface area contributed by atoms with Crippen LogP contribution in [0.15, 0.2) is 49.1 Å². The Morgan fingerprint density at radius 1 is 1.13 bits per heavy atom. The highest BCUT2D eigenvalue weighted by molar-refractivity contribution is 5.97. The van der Waals surface area contributed by atoms with E-state index in [4.69, 9.17) is 21.3 Å². The van der Waals surface area contributed by atoms with Gasteiger partial charge in [-0.25, -0.2) is 11.0 Å². The van der Waals surface area contributed by atoms with Crippen molar-refractivity contribution in [2.75, 3.05) is 68.8 Å². The molecule has 9 nitrogen and oxygen atoms in total. The quantitative estimate of drug-likeness (QED) is 0.250. The fourth-order valence-corrected chi connectivity index (χ4v) is 7.55. The van der Waals surface area contributed by atoms with E-state index in [2.05, 4.69) is 69.4 Å². The third-order valence-corrected chi connectivity index (χ3v) is 10.2. The topological polar surface area (TPSA) is 69.4 Å². The molecule has 0 radical (unpaired) electrons. The second-order valence-corrected chi connectivity index (χ2v) is 13.5. The van der Waals surface area contributed by atoms with Gasteiger partial charge >= 0.3 is 6.01 Å². The van der Waals surface area contributed by atoms with E-state index in [1.54, 1.807) is 4.90 Å². The largest absolute Gasteiger partial charge is 0.463 e. The molecule has 1 aromatic heterocycles. The standard InChI is InChI=1S/C36H42FN7O2/c1-4-32(45)44-18-17-43(21-28(44)19-38-3)34-29-12-16-42(31-10-6-9-26-8-5-7-25(2)33(26)31)22-30(29)39-35(40-34)46-24-36(13-14-36)23-41-15-11-27(37)20-41/h4-10,27-28H,1,11-24H2,2H3/t27-,28?/m1/s1. The second kappa shape index (κ2) is 12.5. The van der Waals surface area contributed by atoms with Crippen molar-refractivity contribution in [1.82, 2.24) is 19.8 Å². The number of likely N-dealkylation sites (tertiary alicyclic amines) is 1. The van der Waals surface area contributed by atoms with Crippen LogP contribution in [-0.2, 0) is 17.8 Å². The maximum Gasteiger partial charge on any atom is 0.318 e. The number of nitrogens with zero attached hydrogens (tertiary/aromatic N) is 7. The van der Waals surface area contributed by atoms with Gasteiger partial charge in [0.1, 0.15) is 18.0 Å². The van der Waals surface area contributed by atoms with E-state index in [0.717, 1.165) is 56.0 Å². The van der Waals surface area contributed by atoms with E-state index in [1.807, 2.05) is 0 Å². The Bertz CT molecular complexity index is 1680. The van der Waals surface area contributed by atoms with Gasteiger partial charge in [0.2, 0.25) is 12.5 Å². The summed E-state index contributed by atoms with van der Waals surface area (Å²) in [6.45, 7) is 19.3. The predicted molar refractivity (Wildman–Crippen MR) is 178 cm³/mol. The second-order valence-electron chi connectivity index (χ2n) is 13.5. The van der Waals surface area contributed by atoms with Gasteiger partial charge in [-0.15, -0.1) is 0 Å². The number of halogens is 1. The average Bonchev–Trinajstić information content (AvgIpc) is 3.72. The molecule has 46 heavy (non-hydrogen) atoms. The Morgan fingerprint density at radius 3 is 2.70 bits per heavy atom. The number of hydrogen-bond acceptors (Lipinski definition) is 7. The normalized spacial score (nSPS) is 22.4. The smallest absolute Gasteiger partial charge is 0.318 e. The maximum atomic E-state index is 13.9. The molecule has 1 aliphatic carbocycles. The molecule has 1 unspecified atom stereocenters. The third-order valence-electron chi connectivity index (χ3n) is 10.2. The van der Waals surface area contributed by atoms with E-state index < -0.39 is 6.17 Å². The summed E-state index contributed by atoms with van der Waals surface area (Å²) < 4.78 is 20.3. The summed E-state index contributed by atoms with van der Waals surface area (Å²) in [6, 6.07) is 13.0. The lowest BCUT2D eigenvalue weighted by Gasteiger charge is -2.41. The number of amides is 1. The molecule has 2 atom stereocenters. The van der Waals surface area contributed by atoms with Gasteiger partial charge in [0.15, 0.2) is 0 Å². The van der Waals surface area contributed by atoms with Crippen LogP contribution in [0.5, 0.6) is 6.01 Å². The number of piperazine rings is 1. The van der Waals surface area contributed by atoms with Crippen molar-refractivity contribution in [3.05, 3.63) is 77.3 Å². The number of benzene rings is 2. The van der Waals surface area contributed by atoms with Crippen molar-refractivity contribution in [1.29, 1.82) is 0 Å². The molecule has 3 aliphatic heterocycles. The molecule has 2 saturated heterocycles. The van der Waals surface area contributed by atoms with E-state index in [-0.39, 0.29) is 23.9 Å². The van der Waals surface area contributed by atoms with E-state index in [1.165, 1.54) is 28.1 Å². The molecule has 3 fully saturated rings. The van der Waals surface area contributed by atoms with Crippen molar-refractivity contribution in [2.24, 2.45) is 5.41 Å². The van der Waals surface area contributed by atoms with Gasteiger partial charge in [-0.05, 0) is 55.7 Å². The van der Waals surface area contributed by atoms with Crippen molar-refractivity contribution < 1.29 is 13.9 Å². The van der Waals surface area contributed by atoms with Gasteiger partial charge in [-0.3, -0.25) is 9.69 Å². The summed E-state index contributed by atoms with van der Waals surface area (Å²) in [6.07, 6.45) is 4.11. The summed E-state index contributed by atoms with van der Waals surface area (Å²) >= 11 is 0. The van der Waals surface area contributed by atoms with Crippen LogP contribution in [0.2, 0.25) is 0 Å². The number of rotatable bonds is 9. The van der Waals surface area contributed by atoms with Gasteiger partial charge in [0.25, 0.3) is 0 Å². The van der Waals surface area contributed by atoms with E-state index in [0.29, 0.717) is 51.8 Å². The number of fused-ring (bicyclic) bond motifs is 2. The molecule has 4 heterocycles. The number of hydrogen-bond donors (Lipinski definition) is 0. The first kappa shape index (κ1) is 30.4. The average molecular weight is 624 g/mol. The van der Waals surface area contributed by atoms with Crippen LogP contribution in [0.4, 0.5) is 15.9 Å². The molecule has 4 aliphatic rings. The van der Waals surface area contributed by atoms with Gasteiger partial charge in [-0.1, -0.05) is 36.9 Å². The zero-order chi connectivity index (χ0) is 31.8. The van der Waals surface area contributed by atoms with Crippen LogP contribution in [0.25, 0.3) is 15.6 Å². The van der Waals surface area contributed by atoms with Gasteiger partial charge in [0, 0.05) is 67.9 Å². The number of anilines is 2. The molecule has 0 bridgehead atoms. The molecule has 7 rings (SSSR count). The monoisotopic (exact) mass is 623 g/mol. The Morgan fingerprint density at radius 2 is 1.96 bits per heavy atom. The highest BCUT2D eigenvalue weighted by Gasteiger charge is 2.46. The van der Waals surface area contributed by atoms with E-state index >= 15 is 0 Å². The Hall–Kier alpha value is -4.23. The number of aryl methyl sites for hydroxylation is 1. The number of carbonyl (C=O) groups is 1. The van der Waals surface area contributed by atoms with Crippen molar-refractivity contribution in [2.45, 2.75) is 51.4 Å². The molecule has 0 N–H and O–H groups in total. The molecule has 0 spiro atoms. The minimum Gasteiger partial charge on any atom is -0.463 e. The molecular formula is C36H42FN7O2. The Labute approximate surface area is 270 Å². The highest BCUT2D eigenvalue weighted by atomic mass is 19.1. The minimum absolute atomic E-state index is 0.0212. The number of alkyl halides is 1. The lowest BCUT2D eigenvalue weighted by Crippen LogP contribution is -2.56. The lowest BCUT2D eigenvalue weighted by atomic mass is 9.99. The lowest BCUT2D eigenvalue weighted by molar-refractivity contribution is -0.128. The van der Waals surface area contributed by atoms with Gasteiger partial charge in [-0.2, -0.15) is 9.97 Å². The Kier molecular flexibility index (Phi) is 8.28. The number of carbonyl (C=O) groups excluding carboxylic acids is 1. The van der Waals surface area contributed by atoms with Crippen molar-refractivity contribution in [3.63, 3.8) is 0 Å². The first-order chi connectivity index (χ1) is 22.4. The summed E-state index contributed by atoms with van der Waals surface area (Å²) in [7, 11) is 0. The zero-order valence-corrected chi connectivity index (χ0v) is 26.6. The summed E-state index contributed by atoms with van der Waals surface area (Å²) in [4.78, 5) is 34.9. The van der Waals surface area contributed by atoms with Crippen LogP contribution in [0.3, 0.4) is 0 Å². The molecular weight excluding hydrogens is 581 g/mol. The minimum atomic E-state index is -0.731. The van der Waals surface area contributed by atoms with Crippen LogP contribution in [-0.4, -0.2) is 96.9 Å². The van der Waals surface area contributed by atoms with Crippen molar-refractivity contribution >= 4 is 28.2 Å². The number of ether oxygens (including phenoxy) is 1.